The lowest BCUT2D eigenvalue weighted by atomic mass is 9.98. The van der Waals surface area contributed by atoms with Crippen LogP contribution in [0.25, 0.3) is 0 Å². The number of fused-ring (bicyclic) bond motifs is 1. The van der Waals surface area contributed by atoms with Crippen LogP contribution >= 0.6 is 0 Å². The number of hydrogen-bond donors (Lipinski definition) is 1. The highest BCUT2D eigenvalue weighted by Gasteiger charge is 2.20. The molecule has 1 atom stereocenters. The molecule has 0 aliphatic carbocycles. The van der Waals surface area contributed by atoms with Crippen LogP contribution in [0, 0.1) is 6.92 Å². The van der Waals surface area contributed by atoms with Crippen molar-refractivity contribution in [3.63, 3.8) is 0 Å². The van der Waals surface area contributed by atoms with Gasteiger partial charge in [0, 0.05) is 5.56 Å². The first-order valence-electron chi connectivity index (χ1n) is 7.46. The fourth-order valence-corrected chi connectivity index (χ4v) is 2.63. The summed E-state index contributed by atoms with van der Waals surface area (Å²) in [4.78, 5) is 0. The average molecular weight is 287 g/mol. The maximum absolute atomic E-state index is 5.69. The van der Waals surface area contributed by atoms with Crippen molar-refractivity contribution in [1.82, 2.24) is 5.32 Å². The smallest absolute Gasteiger partial charge is 0.161 e. The van der Waals surface area contributed by atoms with Gasteiger partial charge in [-0.3, -0.25) is 0 Å². The van der Waals surface area contributed by atoms with Crippen LogP contribution in [0.2, 0.25) is 0 Å². The number of ether oxygens (including phenoxy) is 2. The molecule has 0 amide bonds. The second-order valence-electron chi connectivity index (χ2n) is 5.22. The van der Waals surface area contributed by atoms with Crippen molar-refractivity contribution >= 4 is 0 Å². The molecule has 2 aromatic rings. The van der Waals surface area contributed by atoms with Crippen LogP contribution in [-0.2, 0) is 0 Å². The highest BCUT2D eigenvalue weighted by molar-refractivity contribution is 5.46. The zero-order chi connectivity index (χ0) is 14.7. The molecule has 112 valence electrons. The average Bonchev–Trinajstić information content (AvgIpc) is 2.94. The number of aryl methyl sites for hydroxylation is 1. The molecule has 2 heterocycles. The molecule has 21 heavy (non-hydrogen) atoms. The lowest BCUT2D eigenvalue weighted by Gasteiger charge is -2.23. The molecule has 1 aromatic heterocycles. The molecule has 4 heteroatoms. The zero-order valence-corrected chi connectivity index (χ0v) is 12.5. The lowest BCUT2D eigenvalue weighted by Crippen LogP contribution is -2.24. The van der Waals surface area contributed by atoms with E-state index in [-0.39, 0.29) is 6.04 Å². The molecule has 0 radical (unpaired) electrons. The largest absolute Gasteiger partial charge is 0.486 e. The summed E-state index contributed by atoms with van der Waals surface area (Å²) in [5.74, 6) is 2.59. The predicted octanol–water partition coefficient (Wildman–Crippen LogP) is 3.45. The molecular weight excluding hydrogens is 266 g/mol. The van der Waals surface area contributed by atoms with Gasteiger partial charge in [-0.2, -0.15) is 0 Å². The van der Waals surface area contributed by atoms with Crippen LogP contribution in [-0.4, -0.2) is 19.8 Å². The quantitative estimate of drug-likeness (QED) is 0.914. The minimum atomic E-state index is 0.111. The summed E-state index contributed by atoms with van der Waals surface area (Å²) in [6, 6.07) is 8.28. The van der Waals surface area contributed by atoms with Crippen molar-refractivity contribution in [3.05, 3.63) is 47.4 Å². The molecule has 0 fully saturated rings. The number of furan rings is 1. The van der Waals surface area contributed by atoms with Crippen LogP contribution in [0.15, 0.2) is 34.9 Å². The van der Waals surface area contributed by atoms with E-state index in [4.69, 9.17) is 13.9 Å². The molecule has 4 nitrogen and oxygen atoms in total. The van der Waals surface area contributed by atoms with E-state index in [9.17, 15) is 0 Å². The minimum absolute atomic E-state index is 0.111. The molecule has 3 rings (SSSR count). The normalized spacial score (nSPS) is 15.0. The van der Waals surface area contributed by atoms with Crippen LogP contribution in [0.1, 0.15) is 36.3 Å². The number of hydrogen-bond acceptors (Lipinski definition) is 4. The van der Waals surface area contributed by atoms with Crippen molar-refractivity contribution < 1.29 is 13.9 Å². The Hall–Kier alpha value is -1.94. The zero-order valence-electron chi connectivity index (χ0n) is 12.5. The number of rotatable bonds is 5. The van der Waals surface area contributed by atoms with E-state index in [2.05, 4.69) is 24.4 Å². The first-order chi connectivity index (χ1) is 10.3. The van der Waals surface area contributed by atoms with Gasteiger partial charge >= 0.3 is 0 Å². The summed E-state index contributed by atoms with van der Waals surface area (Å²) in [6.45, 7) is 6.33. The molecule has 1 aromatic carbocycles. The van der Waals surface area contributed by atoms with Gasteiger partial charge in [-0.25, -0.2) is 0 Å². The summed E-state index contributed by atoms with van der Waals surface area (Å²) in [7, 11) is 0. The third kappa shape index (κ3) is 2.90. The third-order valence-corrected chi connectivity index (χ3v) is 3.71. The summed E-state index contributed by atoms with van der Waals surface area (Å²) < 4.78 is 16.7. The molecule has 1 unspecified atom stereocenters. The SMILES string of the molecule is CCCNC(c1ccc2c(c1)OCCO2)c1ccoc1C. The summed E-state index contributed by atoms with van der Waals surface area (Å²) in [5.41, 5.74) is 2.33. The van der Waals surface area contributed by atoms with Gasteiger partial charge in [0.05, 0.1) is 12.3 Å². The summed E-state index contributed by atoms with van der Waals surface area (Å²) in [6.07, 6.45) is 2.82. The topological polar surface area (TPSA) is 43.6 Å². The minimum Gasteiger partial charge on any atom is -0.486 e. The Morgan fingerprint density at radius 2 is 1.95 bits per heavy atom. The van der Waals surface area contributed by atoms with Gasteiger partial charge in [0.1, 0.15) is 19.0 Å². The van der Waals surface area contributed by atoms with Gasteiger partial charge in [0.2, 0.25) is 0 Å². The Bertz CT molecular complexity index is 606. The Morgan fingerprint density at radius 3 is 2.67 bits per heavy atom. The van der Waals surface area contributed by atoms with Gasteiger partial charge in [-0.15, -0.1) is 0 Å². The van der Waals surface area contributed by atoms with Gasteiger partial charge in [-0.05, 0) is 43.7 Å². The molecule has 0 saturated heterocycles. The Labute approximate surface area is 125 Å². The maximum Gasteiger partial charge on any atom is 0.161 e. The lowest BCUT2D eigenvalue weighted by molar-refractivity contribution is 0.171. The fourth-order valence-electron chi connectivity index (χ4n) is 2.63. The first-order valence-corrected chi connectivity index (χ1v) is 7.46. The van der Waals surface area contributed by atoms with E-state index >= 15 is 0 Å². The van der Waals surface area contributed by atoms with Crippen molar-refractivity contribution in [1.29, 1.82) is 0 Å². The van der Waals surface area contributed by atoms with Crippen LogP contribution < -0.4 is 14.8 Å². The highest BCUT2D eigenvalue weighted by Crippen LogP contribution is 2.35. The van der Waals surface area contributed by atoms with Gasteiger partial charge in [0.15, 0.2) is 11.5 Å². The van der Waals surface area contributed by atoms with Crippen molar-refractivity contribution in [2.75, 3.05) is 19.8 Å². The Morgan fingerprint density at radius 1 is 1.14 bits per heavy atom. The molecule has 1 N–H and O–H groups in total. The van der Waals surface area contributed by atoms with Gasteiger partial charge in [0.25, 0.3) is 0 Å². The summed E-state index contributed by atoms with van der Waals surface area (Å²) >= 11 is 0. The first kappa shape index (κ1) is 14.0. The molecular formula is C17H21NO3. The summed E-state index contributed by atoms with van der Waals surface area (Å²) in [5, 5.41) is 3.58. The monoisotopic (exact) mass is 287 g/mol. The predicted molar refractivity (Wildman–Crippen MR) is 81.0 cm³/mol. The van der Waals surface area contributed by atoms with E-state index < -0.39 is 0 Å². The van der Waals surface area contributed by atoms with Gasteiger partial charge < -0.3 is 19.2 Å². The van der Waals surface area contributed by atoms with Gasteiger partial charge in [-0.1, -0.05) is 13.0 Å². The van der Waals surface area contributed by atoms with E-state index in [1.54, 1.807) is 6.26 Å². The van der Waals surface area contributed by atoms with Crippen LogP contribution in [0.4, 0.5) is 0 Å². The van der Waals surface area contributed by atoms with Crippen LogP contribution in [0.3, 0.4) is 0 Å². The van der Waals surface area contributed by atoms with E-state index in [0.717, 1.165) is 35.8 Å². The standard InChI is InChI=1S/C17H21NO3/c1-3-7-18-17(14-6-8-19-12(14)2)13-4-5-15-16(11-13)21-10-9-20-15/h4-6,8,11,17-18H,3,7,9-10H2,1-2H3. The molecule has 0 spiro atoms. The Kier molecular flexibility index (Phi) is 4.15. The third-order valence-electron chi connectivity index (χ3n) is 3.71. The number of nitrogens with one attached hydrogen (secondary N) is 1. The van der Waals surface area contributed by atoms with E-state index in [1.165, 1.54) is 5.56 Å². The number of benzene rings is 1. The van der Waals surface area contributed by atoms with Crippen molar-refractivity contribution in [3.8, 4) is 11.5 Å². The van der Waals surface area contributed by atoms with Crippen molar-refractivity contribution in [2.45, 2.75) is 26.3 Å². The van der Waals surface area contributed by atoms with E-state index in [0.29, 0.717) is 13.2 Å². The molecule has 1 aliphatic heterocycles. The Balaban J connectivity index is 1.94. The molecule has 0 saturated carbocycles. The second kappa shape index (κ2) is 6.22. The maximum atomic E-state index is 5.69. The van der Waals surface area contributed by atoms with E-state index in [1.807, 2.05) is 19.1 Å². The fraction of sp³-hybridized carbons (Fsp3) is 0.412. The molecule has 1 aliphatic rings. The van der Waals surface area contributed by atoms with Crippen molar-refractivity contribution in [2.24, 2.45) is 0 Å². The molecule has 0 bridgehead atoms. The second-order valence-corrected chi connectivity index (χ2v) is 5.22. The highest BCUT2D eigenvalue weighted by atomic mass is 16.6. The van der Waals surface area contributed by atoms with Crippen LogP contribution in [0.5, 0.6) is 11.5 Å².